The van der Waals surface area contributed by atoms with Gasteiger partial charge in [0.25, 0.3) is 0 Å². The van der Waals surface area contributed by atoms with E-state index in [-0.39, 0.29) is 11.7 Å². The maximum Gasteiger partial charge on any atom is 0.573 e. The number of anilines is 1. The highest BCUT2D eigenvalue weighted by molar-refractivity contribution is 5.97. The maximum absolute atomic E-state index is 12.5. The first-order chi connectivity index (χ1) is 12.4. The van der Waals surface area contributed by atoms with E-state index in [9.17, 15) is 18.0 Å². The van der Waals surface area contributed by atoms with Crippen LogP contribution in [0.1, 0.15) is 11.6 Å². The molecule has 1 atom stereocenters. The SMILES string of the molecule is CNC(C(=O)Nc1ccc2[nH]ncc2c1)c1ccc(OC(F)(F)F)cc1. The zero-order chi connectivity index (χ0) is 18.7. The predicted molar refractivity (Wildman–Crippen MR) is 89.6 cm³/mol. The molecule has 0 aliphatic carbocycles. The smallest absolute Gasteiger partial charge is 0.406 e. The Kier molecular flexibility index (Phi) is 4.81. The Balaban J connectivity index is 1.73. The first-order valence-electron chi connectivity index (χ1n) is 7.63. The zero-order valence-electron chi connectivity index (χ0n) is 13.6. The fourth-order valence-electron chi connectivity index (χ4n) is 2.55. The van der Waals surface area contributed by atoms with Crippen LogP contribution in [-0.4, -0.2) is 29.5 Å². The Morgan fingerprint density at radius 3 is 2.58 bits per heavy atom. The number of rotatable bonds is 5. The van der Waals surface area contributed by atoms with E-state index in [4.69, 9.17) is 0 Å². The topological polar surface area (TPSA) is 79.0 Å². The van der Waals surface area contributed by atoms with Crippen LogP contribution in [0.5, 0.6) is 5.75 Å². The number of aromatic nitrogens is 2. The van der Waals surface area contributed by atoms with E-state index in [1.807, 2.05) is 0 Å². The number of fused-ring (bicyclic) bond motifs is 1. The third-order valence-corrected chi connectivity index (χ3v) is 3.71. The fraction of sp³-hybridized carbons (Fsp3) is 0.176. The molecule has 3 aromatic rings. The van der Waals surface area contributed by atoms with E-state index in [1.54, 1.807) is 31.4 Å². The largest absolute Gasteiger partial charge is 0.573 e. The second-order valence-corrected chi connectivity index (χ2v) is 5.50. The molecule has 0 aliphatic heterocycles. The van der Waals surface area contributed by atoms with Gasteiger partial charge in [0.1, 0.15) is 11.8 Å². The van der Waals surface area contributed by atoms with Crippen LogP contribution in [0.2, 0.25) is 0 Å². The number of H-pyrrole nitrogens is 1. The van der Waals surface area contributed by atoms with Crippen molar-refractivity contribution in [2.24, 2.45) is 0 Å². The molecule has 0 fully saturated rings. The second-order valence-electron chi connectivity index (χ2n) is 5.50. The Hall–Kier alpha value is -3.07. The minimum atomic E-state index is -4.76. The normalized spacial score (nSPS) is 12.8. The molecule has 3 rings (SSSR count). The van der Waals surface area contributed by atoms with Gasteiger partial charge in [0.05, 0.1) is 11.7 Å². The third-order valence-electron chi connectivity index (χ3n) is 3.71. The lowest BCUT2D eigenvalue weighted by atomic mass is 10.1. The third kappa shape index (κ3) is 4.12. The van der Waals surface area contributed by atoms with Crippen LogP contribution in [0.25, 0.3) is 10.9 Å². The molecule has 3 N–H and O–H groups in total. The van der Waals surface area contributed by atoms with Crippen LogP contribution in [0.3, 0.4) is 0 Å². The number of hydrogen-bond acceptors (Lipinski definition) is 4. The molecule has 0 saturated heterocycles. The summed E-state index contributed by atoms with van der Waals surface area (Å²) in [6.45, 7) is 0. The monoisotopic (exact) mass is 364 g/mol. The van der Waals surface area contributed by atoms with Crippen molar-refractivity contribution in [2.75, 3.05) is 12.4 Å². The van der Waals surface area contributed by atoms with Gasteiger partial charge in [0, 0.05) is 11.1 Å². The molecular formula is C17H15F3N4O2. The molecule has 0 radical (unpaired) electrons. The van der Waals surface area contributed by atoms with Crippen LogP contribution in [0.15, 0.2) is 48.7 Å². The highest BCUT2D eigenvalue weighted by atomic mass is 19.4. The molecule has 9 heteroatoms. The average molecular weight is 364 g/mol. The predicted octanol–water partition coefficient (Wildman–Crippen LogP) is 3.36. The Morgan fingerprint density at radius 1 is 1.19 bits per heavy atom. The minimum absolute atomic E-state index is 0.345. The van der Waals surface area contributed by atoms with Gasteiger partial charge < -0.3 is 15.4 Å². The van der Waals surface area contributed by atoms with Gasteiger partial charge in [-0.3, -0.25) is 9.89 Å². The summed E-state index contributed by atoms with van der Waals surface area (Å²) in [6, 6.07) is 9.68. The molecule has 136 valence electrons. The summed E-state index contributed by atoms with van der Waals surface area (Å²) < 4.78 is 40.5. The summed E-state index contributed by atoms with van der Waals surface area (Å²) >= 11 is 0. The highest BCUT2D eigenvalue weighted by Crippen LogP contribution is 2.25. The van der Waals surface area contributed by atoms with Crippen LogP contribution in [0.4, 0.5) is 18.9 Å². The van der Waals surface area contributed by atoms with Gasteiger partial charge >= 0.3 is 6.36 Å². The van der Waals surface area contributed by atoms with Gasteiger partial charge in [-0.05, 0) is 42.9 Å². The summed E-state index contributed by atoms with van der Waals surface area (Å²) in [5.74, 6) is -0.693. The van der Waals surface area contributed by atoms with Gasteiger partial charge in [0.2, 0.25) is 5.91 Å². The van der Waals surface area contributed by atoms with Crippen LogP contribution < -0.4 is 15.4 Å². The first-order valence-corrected chi connectivity index (χ1v) is 7.63. The lowest BCUT2D eigenvalue weighted by Crippen LogP contribution is -2.30. The number of hydrogen-bond donors (Lipinski definition) is 3. The zero-order valence-corrected chi connectivity index (χ0v) is 13.6. The van der Waals surface area contributed by atoms with E-state index in [2.05, 4.69) is 25.6 Å². The molecule has 1 unspecified atom stereocenters. The van der Waals surface area contributed by atoms with Crippen molar-refractivity contribution < 1.29 is 22.7 Å². The number of amides is 1. The lowest BCUT2D eigenvalue weighted by molar-refractivity contribution is -0.274. The Bertz CT molecular complexity index is 906. The van der Waals surface area contributed by atoms with E-state index in [0.29, 0.717) is 11.3 Å². The average Bonchev–Trinajstić information content (AvgIpc) is 3.03. The number of benzene rings is 2. The molecule has 1 heterocycles. The summed E-state index contributed by atoms with van der Waals surface area (Å²) in [5.41, 5.74) is 1.93. The number of carbonyl (C=O) groups excluding carboxylic acids is 1. The number of alkyl halides is 3. The van der Waals surface area contributed by atoms with Gasteiger partial charge in [0.15, 0.2) is 0 Å². The van der Waals surface area contributed by atoms with E-state index < -0.39 is 12.4 Å². The van der Waals surface area contributed by atoms with E-state index in [0.717, 1.165) is 23.0 Å². The standard InChI is InChI=1S/C17H15F3N4O2/c1-21-15(10-2-5-13(6-3-10)26-17(18,19)20)16(25)23-12-4-7-14-11(8-12)9-22-24-14/h2-9,15,21H,1H3,(H,22,24)(H,23,25). The summed E-state index contributed by atoms with van der Waals surface area (Å²) in [6.07, 6.45) is -3.12. The number of nitrogens with zero attached hydrogens (tertiary/aromatic N) is 1. The van der Waals surface area contributed by atoms with Crippen LogP contribution in [0, 0.1) is 0 Å². The number of carbonyl (C=O) groups is 1. The lowest BCUT2D eigenvalue weighted by Gasteiger charge is -2.17. The van der Waals surface area contributed by atoms with Crippen molar-refractivity contribution >= 4 is 22.5 Å². The summed E-state index contributed by atoms with van der Waals surface area (Å²) in [5, 5.41) is 13.2. The summed E-state index contributed by atoms with van der Waals surface area (Å²) in [4.78, 5) is 12.5. The molecule has 6 nitrogen and oxygen atoms in total. The van der Waals surface area contributed by atoms with Crippen molar-refractivity contribution in [1.82, 2.24) is 15.5 Å². The molecular weight excluding hydrogens is 349 g/mol. The molecule has 26 heavy (non-hydrogen) atoms. The molecule has 1 aromatic heterocycles. The van der Waals surface area contributed by atoms with Crippen molar-refractivity contribution in [3.63, 3.8) is 0 Å². The molecule has 0 aliphatic rings. The van der Waals surface area contributed by atoms with Crippen molar-refractivity contribution in [1.29, 1.82) is 0 Å². The van der Waals surface area contributed by atoms with Gasteiger partial charge in [-0.2, -0.15) is 5.10 Å². The molecule has 0 spiro atoms. The number of likely N-dealkylation sites (N-methyl/N-ethyl adjacent to an activating group) is 1. The summed E-state index contributed by atoms with van der Waals surface area (Å²) in [7, 11) is 1.59. The van der Waals surface area contributed by atoms with Crippen molar-refractivity contribution in [3.8, 4) is 5.75 Å². The van der Waals surface area contributed by atoms with Crippen LogP contribution in [-0.2, 0) is 4.79 Å². The van der Waals surface area contributed by atoms with E-state index in [1.165, 1.54) is 12.1 Å². The van der Waals surface area contributed by atoms with Crippen LogP contribution >= 0.6 is 0 Å². The number of halogens is 3. The quantitative estimate of drug-likeness (QED) is 0.649. The fourth-order valence-corrected chi connectivity index (χ4v) is 2.55. The minimum Gasteiger partial charge on any atom is -0.406 e. The van der Waals surface area contributed by atoms with Gasteiger partial charge in [-0.25, -0.2) is 0 Å². The first kappa shape index (κ1) is 17.7. The number of ether oxygens (including phenoxy) is 1. The highest BCUT2D eigenvalue weighted by Gasteiger charge is 2.31. The second kappa shape index (κ2) is 7.04. The number of aromatic amines is 1. The van der Waals surface area contributed by atoms with E-state index >= 15 is 0 Å². The Labute approximate surface area is 146 Å². The Morgan fingerprint density at radius 2 is 1.92 bits per heavy atom. The molecule has 1 amide bonds. The van der Waals surface area contributed by atoms with Gasteiger partial charge in [-0.1, -0.05) is 12.1 Å². The number of nitrogens with one attached hydrogen (secondary N) is 3. The van der Waals surface area contributed by atoms with Gasteiger partial charge in [-0.15, -0.1) is 13.2 Å². The molecule has 0 saturated carbocycles. The maximum atomic E-state index is 12.5. The van der Waals surface area contributed by atoms with Crippen molar-refractivity contribution in [2.45, 2.75) is 12.4 Å². The molecule has 0 bridgehead atoms. The van der Waals surface area contributed by atoms with Crippen molar-refractivity contribution in [3.05, 3.63) is 54.2 Å². The molecule has 2 aromatic carbocycles.